The van der Waals surface area contributed by atoms with E-state index in [4.69, 9.17) is 19.9 Å². The van der Waals surface area contributed by atoms with Crippen molar-refractivity contribution in [1.29, 1.82) is 0 Å². The molecule has 2 fully saturated rings. The maximum absolute atomic E-state index is 11.4. The summed E-state index contributed by atoms with van der Waals surface area (Å²) < 4.78 is 16.5. The number of primary amides is 1. The molecule has 32 heavy (non-hydrogen) atoms. The van der Waals surface area contributed by atoms with Crippen LogP contribution in [0, 0.1) is 5.92 Å². The number of amides is 1. The Morgan fingerprint density at radius 3 is 2.66 bits per heavy atom. The molecule has 0 aliphatic carbocycles. The number of methoxy groups -OCH3 is 2. The first-order chi connectivity index (χ1) is 15.5. The molecule has 1 aromatic carbocycles. The van der Waals surface area contributed by atoms with Crippen molar-refractivity contribution in [2.24, 2.45) is 16.6 Å². The van der Waals surface area contributed by atoms with Crippen LogP contribution in [0.3, 0.4) is 0 Å². The van der Waals surface area contributed by atoms with Crippen LogP contribution in [0.5, 0.6) is 11.5 Å². The van der Waals surface area contributed by atoms with Gasteiger partial charge in [0.2, 0.25) is 5.91 Å². The van der Waals surface area contributed by atoms with Crippen LogP contribution in [0.2, 0.25) is 0 Å². The lowest BCUT2D eigenvalue weighted by molar-refractivity contribution is -0.119. The summed E-state index contributed by atoms with van der Waals surface area (Å²) in [4.78, 5) is 20.6. The Kier molecular flexibility index (Phi) is 8.99. The van der Waals surface area contributed by atoms with Gasteiger partial charge in [0.05, 0.1) is 33.5 Å². The summed E-state index contributed by atoms with van der Waals surface area (Å²) in [5, 5.41) is 3.58. The summed E-state index contributed by atoms with van der Waals surface area (Å²) in [7, 11) is 5.11. The van der Waals surface area contributed by atoms with E-state index in [2.05, 4.69) is 26.2 Å². The van der Waals surface area contributed by atoms with Gasteiger partial charge in [-0.1, -0.05) is 6.07 Å². The molecule has 2 heterocycles. The molecule has 3 N–H and O–H groups in total. The summed E-state index contributed by atoms with van der Waals surface area (Å²) in [5.41, 5.74) is 6.58. The lowest BCUT2D eigenvalue weighted by Crippen LogP contribution is -2.50. The number of hydrogen-bond acceptors (Lipinski definition) is 6. The molecule has 0 aromatic heterocycles. The number of nitrogens with two attached hydrogens (primary N) is 1. The topological polar surface area (TPSA) is 102 Å². The largest absolute Gasteiger partial charge is 0.493 e. The molecule has 2 aliphatic rings. The maximum Gasteiger partial charge on any atom is 0.217 e. The lowest BCUT2D eigenvalue weighted by atomic mass is 9.95. The monoisotopic (exact) mass is 447 g/mol. The van der Waals surface area contributed by atoms with Crippen LogP contribution in [-0.4, -0.2) is 88.9 Å². The van der Waals surface area contributed by atoms with E-state index in [-0.39, 0.29) is 17.9 Å². The van der Waals surface area contributed by atoms with Gasteiger partial charge in [-0.3, -0.25) is 14.7 Å². The van der Waals surface area contributed by atoms with Crippen molar-refractivity contribution < 1.29 is 19.0 Å². The summed E-state index contributed by atoms with van der Waals surface area (Å²) in [6.07, 6.45) is 2.48. The average molecular weight is 448 g/mol. The highest BCUT2D eigenvalue weighted by atomic mass is 16.5. The van der Waals surface area contributed by atoms with Crippen LogP contribution in [0.1, 0.15) is 30.9 Å². The molecule has 178 valence electrons. The van der Waals surface area contributed by atoms with E-state index >= 15 is 0 Å². The van der Waals surface area contributed by atoms with Gasteiger partial charge in [-0.05, 0) is 36.5 Å². The number of carbonyl (C=O) groups is 1. The predicted molar refractivity (Wildman–Crippen MR) is 124 cm³/mol. The number of ether oxygens (including phenoxy) is 3. The Bertz CT molecular complexity index is 782. The third-order valence-corrected chi connectivity index (χ3v) is 6.25. The van der Waals surface area contributed by atoms with Gasteiger partial charge in [0.25, 0.3) is 0 Å². The number of nitrogens with zero attached hydrogens (tertiary/aromatic N) is 3. The summed E-state index contributed by atoms with van der Waals surface area (Å²) >= 11 is 0. The fraction of sp³-hybridized carbons (Fsp3) is 0.652. The minimum absolute atomic E-state index is 0.127. The number of rotatable bonds is 8. The summed E-state index contributed by atoms with van der Waals surface area (Å²) in [6.45, 7) is 5.58. The van der Waals surface area contributed by atoms with Crippen LogP contribution < -0.4 is 20.5 Å². The molecule has 2 aliphatic heterocycles. The first-order valence-corrected chi connectivity index (χ1v) is 11.3. The van der Waals surface area contributed by atoms with E-state index in [9.17, 15) is 4.79 Å². The Morgan fingerprint density at radius 1 is 1.25 bits per heavy atom. The Labute approximate surface area is 190 Å². The molecule has 2 atom stereocenters. The molecular formula is C23H37N5O4. The molecule has 0 bridgehead atoms. The number of piperidine rings is 1. The molecule has 2 saturated heterocycles. The number of nitrogens with one attached hydrogen (secondary N) is 1. The van der Waals surface area contributed by atoms with Gasteiger partial charge in [0.15, 0.2) is 17.5 Å². The first kappa shape index (κ1) is 24.1. The van der Waals surface area contributed by atoms with Crippen LogP contribution in [-0.2, 0) is 9.53 Å². The van der Waals surface area contributed by atoms with Gasteiger partial charge >= 0.3 is 0 Å². The second-order valence-electron chi connectivity index (χ2n) is 8.33. The van der Waals surface area contributed by atoms with Crippen LogP contribution >= 0.6 is 0 Å². The summed E-state index contributed by atoms with van der Waals surface area (Å²) in [5.74, 6) is 2.34. The SMILES string of the molecule is CN=C(NCC(c1ccc(OC)c(OC)c1)N1CCOCC1)N1CCCC(CC(N)=O)C1. The van der Waals surface area contributed by atoms with E-state index in [1.165, 1.54) is 0 Å². The molecule has 9 nitrogen and oxygen atoms in total. The molecule has 9 heteroatoms. The quantitative estimate of drug-likeness (QED) is 0.457. The third kappa shape index (κ3) is 6.26. The average Bonchev–Trinajstić information content (AvgIpc) is 2.82. The molecule has 0 radical (unpaired) electrons. The van der Waals surface area contributed by atoms with E-state index in [1.807, 2.05) is 12.1 Å². The number of aliphatic imine (C=N–C) groups is 1. The normalized spacial score (nSPS) is 21.2. The van der Waals surface area contributed by atoms with Crippen molar-refractivity contribution in [3.63, 3.8) is 0 Å². The predicted octanol–water partition coefficient (Wildman–Crippen LogP) is 1.24. The summed E-state index contributed by atoms with van der Waals surface area (Å²) in [6, 6.07) is 6.22. The molecule has 1 amide bonds. The van der Waals surface area contributed by atoms with E-state index in [0.29, 0.717) is 13.0 Å². The van der Waals surface area contributed by atoms with Crippen LogP contribution in [0.15, 0.2) is 23.2 Å². The van der Waals surface area contributed by atoms with Crippen molar-refractivity contribution in [2.45, 2.75) is 25.3 Å². The zero-order valence-corrected chi connectivity index (χ0v) is 19.5. The van der Waals surface area contributed by atoms with Crippen molar-refractivity contribution in [1.82, 2.24) is 15.1 Å². The van der Waals surface area contributed by atoms with Crippen molar-refractivity contribution in [3.8, 4) is 11.5 Å². The smallest absolute Gasteiger partial charge is 0.217 e. The standard InChI is InChI=1S/C23H37N5O4/c1-25-23(28-8-4-5-17(16-28)13-22(24)29)26-15-19(27-9-11-32-12-10-27)18-6-7-20(30-2)21(14-18)31-3/h6-7,14,17,19H,4-5,8-13,15-16H2,1-3H3,(H2,24,29)(H,25,26). The highest BCUT2D eigenvalue weighted by Gasteiger charge is 2.27. The second-order valence-corrected chi connectivity index (χ2v) is 8.33. The maximum atomic E-state index is 11.4. The number of morpholine rings is 1. The number of likely N-dealkylation sites (tertiary alicyclic amines) is 1. The number of carbonyl (C=O) groups excluding carboxylic acids is 1. The lowest BCUT2D eigenvalue weighted by Gasteiger charge is -2.38. The number of guanidine groups is 1. The van der Waals surface area contributed by atoms with E-state index in [1.54, 1.807) is 21.3 Å². The van der Waals surface area contributed by atoms with Gasteiger partial charge in [0, 0.05) is 46.2 Å². The fourth-order valence-electron chi connectivity index (χ4n) is 4.64. The van der Waals surface area contributed by atoms with E-state index < -0.39 is 0 Å². The van der Waals surface area contributed by atoms with Crippen molar-refractivity contribution in [2.75, 3.05) is 67.2 Å². The second kappa shape index (κ2) is 11.9. The number of hydrogen-bond donors (Lipinski definition) is 2. The minimum Gasteiger partial charge on any atom is -0.493 e. The van der Waals surface area contributed by atoms with Crippen molar-refractivity contribution in [3.05, 3.63) is 23.8 Å². The van der Waals surface area contributed by atoms with Gasteiger partial charge in [-0.25, -0.2) is 0 Å². The van der Waals surface area contributed by atoms with Crippen molar-refractivity contribution >= 4 is 11.9 Å². The zero-order valence-electron chi connectivity index (χ0n) is 19.5. The van der Waals surface area contributed by atoms with Gasteiger partial charge in [-0.2, -0.15) is 0 Å². The minimum atomic E-state index is -0.236. The molecule has 2 unspecified atom stereocenters. The Hall–Kier alpha value is -2.52. The van der Waals surface area contributed by atoms with E-state index in [0.717, 1.165) is 75.3 Å². The number of benzene rings is 1. The van der Waals surface area contributed by atoms with Crippen LogP contribution in [0.4, 0.5) is 0 Å². The first-order valence-electron chi connectivity index (χ1n) is 11.3. The highest BCUT2D eigenvalue weighted by Crippen LogP contribution is 2.32. The molecule has 0 spiro atoms. The highest BCUT2D eigenvalue weighted by molar-refractivity contribution is 5.80. The van der Waals surface area contributed by atoms with Gasteiger partial charge in [0.1, 0.15) is 0 Å². The molecule has 0 saturated carbocycles. The zero-order chi connectivity index (χ0) is 22.9. The molecule has 3 rings (SSSR count). The van der Waals surface area contributed by atoms with Gasteiger partial charge < -0.3 is 30.2 Å². The van der Waals surface area contributed by atoms with Gasteiger partial charge in [-0.15, -0.1) is 0 Å². The third-order valence-electron chi connectivity index (χ3n) is 6.25. The Morgan fingerprint density at radius 2 is 2.00 bits per heavy atom. The molecular weight excluding hydrogens is 410 g/mol. The molecule has 1 aromatic rings. The van der Waals surface area contributed by atoms with Crippen LogP contribution in [0.25, 0.3) is 0 Å². The fourth-order valence-corrected chi connectivity index (χ4v) is 4.64. The Balaban J connectivity index is 1.74.